The molecule has 5 rings (SSSR count). The van der Waals surface area contributed by atoms with Crippen molar-refractivity contribution in [2.45, 2.75) is 31.5 Å². The zero-order chi connectivity index (χ0) is 22.1. The molecule has 2 N–H and O–H groups in total. The van der Waals surface area contributed by atoms with Crippen LogP contribution in [-0.2, 0) is 13.1 Å². The number of nitrogens with zero attached hydrogens (tertiary/aromatic N) is 5. The highest BCUT2D eigenvalue weighted by molar-refractivity contribution is 5.75. The van der Waals surface area contributed by atoms with E-state index in [4.69, 9.17) is 0 Å². The third kappa shape index (κ3) is 3.90. The number of aromatic hydroxyl groups is 1. The zero-order valence-corrected chi connectivity index (χ0v) is 17.6. The van der Waals surface area contributed by atoms with E-state index in [2.05, 4.69) is 27.1 Å². The van der Waals surface area contributed by atoms with E-state index in [0.717, 1.165) is 19.6 Å². The third-order valence-corrected chi connectivity index (χ3v) is 6.16. The van der Waals surface area contributed by atoms with Crippen LogP contribution in [0.4, 0.5) is 0 Å². The standard InChI is InChI=1S/C24H25N5O3/c30-21-9-5-4-8-20(21)29-22-19(14-26-29)23(31)28(17-25-22)16-24(32)10-12-27(13-11-24)15-18-6-2-1-3-7-18/h1-9,14,17,30,32H,10-13,15-16H2. The molecule has 0 radical (unpaired) electrons. The van der Waals surface area contributed by atoms with Crippen molar-refractivity contribution >= 4 is 11.0 Å². The first-order valence-electron chi connectivity index (χ1n) is 10.7. The SMILES string of the molecule is O=c1c2cnn(-c3ccccc3O)c2ncn1CC1(O)CCN(Cc2ccccc2)CC1. The molecule has 0 saturated carbocycles. The van der Waals surface area contributed by atoms with E-state index in [1.54, 1.807) is 24.3 Å². The number of benzene rings is 2. The summed E-state index contributed by atoms with van der Waals surface area (Å²) in [7, 11) is 0. The molecule has 0 bridgehead atoms. The molecule has 1 aliphatic heterocycles. The number of aromatic nitrogens is 4. The van der Waals surface area contributed by atoms with Crippen LogP contribution in [0.1, 0.15) is 18.4 Å². The number of rotatable bonds is 5. The highest BCUT2D eigenvalue weighted by atomic mass is 16.3. The first kappa shape index (κ1) is 20.4. The van der Waals surface area contributed by atoms with Gasteiger partial charge in [-0.25, -0.2) is 9.67 Å². The molecular formula is C24H25N5O3. The van der Waals surface area contributed by atoms with Crippen molar-refractivity contribution < 1.29 is 10.2 Å². The van der Waals surface area contributed by atoms with Gasteiger partial charge in [0.1, 0.15) is 23.2 Å². The Kier molecular flexibility index (Phi) is 5.24. The maximum Gasteiger partial charge on any atom is 0.264 e. The molecule has 164 valence electrons. The van der Waals surface area contributed by atoms with Gasteiger partial charge in [-0.05, 0) is 30.5 Å². The molecule has 8 heteroatoms. The number of para-hydroxylation sites is 2. The van der Waals surface area contributed by atoms with Crippen LogP contribution in [0, 0.1) is 0 Å². The number of hydrogen-bond donors (Lipinski definition) is 2. The van der Waals surface area contributed by atoms with E-state index in [9.17, 15) is 15.0 Å². The fourth-order valence-electron chi connectivity index (χ4n) is 4.32. The Labute approximate surface area is 185 Å². The summed E-state index contributed by atoms with van der Waals surface area (Å²) >= 11 is 0. The summed E-state index contributed by atoms with van der Waals surface area (Å²) in [4.78, 5) is 19.8. The highest BCUT2D eigenvalue weighted by Gasteiger charge is 2.33. The van der Waals surface area contributed by atoms with Gasteiger partial charge in [-0.1, -0.05) is 42.5 Å². The van der Waals surface area contributed by atoms with E-state index in [0.29, 0.717) is 29.6 Å². The molecule has 8 nitrogen and oxygen atoms in total. The summed E-state index contributed by atoms with van der Waals surface area (Å²) in [5, 5.41) is 25.9. The minimum Gasteiger partial charge on any atom is -0.506 e. The third-order valence-electron chi connectivity index (χ3n) is 6.16. The number of phenolic OH excluding ortho intramolecular Hbond substituents is 1. The molecule has 1 fully saturated rings. The Morgan fingerprint density at radius 3 is 2.47 bits per heavy atom. The number of hydrogen-bond acceptors (Lipinski definition) is 6. The lowest BCUT2D eigenvalue weighted by Gasteiger charge is -2.38. The summed E-state index contributed by atoms with van der Waals surface area (Å²) < 4.78 is 2.92. The zero-order valence-electron chi connectivity index (χ0n) is 17.6. The molecule has 1 aliphatic rings. The highest BCUT2D eigenvalue weighted by Crippen LogP contribution is 2.26. The lowest BCUT2D eigenvalue weighted by molar-refractivity contribution is -0.0364. The molecule has 32 heavy (non-hydrogen) atoms. The van der Waals surface area contributed by atoms with Crippen LogP contribution in [0.15, 0.2) is 71.9 Å². The van der Waals surface area contributed by atoms with Crippen molar-refractivity contribution in [2.24, 2.45) is 0 Å². The van der Waals surface area contributed by atoms with Crippen molar-refractivity contribution in [2.75, 3.05) is 13.1 Å². The lowest BCUT2D eigenvalue weighted by Crippen LogP contribution is -2.47. The van der Waals surface area contributed by atoms with Crippen LogP contribution in [-0.4, -0.2) is 53.1 Å². The molecule has 0 aliphatic carbocycles. The molecule has 0 amide bonds. The molecular weight excluding hydrogens is 406 g/mol. The van der Waals surface area contributed by atoms with Gasteiger partial charge in [0, 0.05) is 19.6 Å². The van der Waals surface area contributed by atoms with E-state index in [1.807, 2.05) is 18.2 Å². The fourth-order valence-corrected chi connectivity index (χ4v) is 4.32. The van der Waals surface area contributed by atoms with Crippen molar-refractivity contribution in [3.8, 4) is 11.4 Å². The number of fused-ring (bicyclic) bond motifs is 1. The molecule has 1 saturated heterocycles. The number of likely N-dealkylation sites (tertiary alicyclic amines) is 1. The normalized spacial score (nSPS) is 16.4. The van der Waals surface area contributed by atoms with Gasteiger partial charge in [-0.15, -0.1) is 0 Å². The van der Waals surface area contributed by atoms with Gasteiger partial charge in [-0.2, -0.15) is 5.10 Å². The van der Waals surface area contributed by atoms with Crippen molar-refractivity contribution in [3.05, 3.63) is 83.0 Å². The average molecular weight is 431 g/mol. The van der Waals surface area contributed by atoms with Crippen molar-refractivity contribution in [3.63, 3.8) is 0 Å². The maximum atomic E-state index is 13.1. The van der Waals surface area contributed by atoms with Crippen molar-refractivity contribution in [1.82, 2.24) is 24.2 Å². The van der Waals surface area contributed by atoms with Gasteiger partial charge in [0.2, 0.25) is 0 Å². The molecule has 0 spiro atoms. The summed E-state index contributed by atoms with van der Waals surface area (Å²) in [6.45, 7) is 2.58. The maximum absolute atomic E-state index is 13.1. The largest absolute Gasteiger partial charge is 0.506 e. The molecule has 2 aromatic carbocycles. The second-order valence-corrected chi connectivity index (χ2v) is 8.45. The van der Waals surface area contributed by atoms with E-state index >= 15 is 0 Å². The number of phenols is 1. The van der Waals surface area contributed by atoms with E-state index in [-0.39, 0.29) is 17.9 Å². The van der Waals surface area contributed by atoms with Gasteiger partial charge in [0.05, 0.1) is 18.3 Å². The first-order valence-corrected chi connectivity index (χ1v) is 10.7. The van der Waals surface area contributed by atoms with Crippen LogP contribution in [0.2, 0.25) is 0 Å². The predicted molar refractivity (Wildman–Crippen MR) is 121 cm³/mol. The van der Waals surface area contributed by atoms with E-state index < -0.39 is 5.60 Å². The van der Waals surface area contributed by atoms with Gasteiger partial charge in [-0.3, -0.25) is 14.3 Å². The molecule has 3 heterocycles. The number of aliphatic hydroxyl groups is 1. The quantitative estimate of drug-likeness (QED) is 0.503. The Bertz CT molecular complexity index is 1290. The van der Waals surface area contributed by atoms with Crippen molar-refractivity contribution in [1.29, 1.82) is 0 Å². The summed E-state index contributed by atoms with van der Waals surface area (Å²) in [6.07, 6.45) is 4.08. The molecule has 0 atom stereocenters. The van der Waals surface area contributed by atoms with Crippen LogP contribution < -0.4 is 5.56 Å². The Hall–Kier alpha value is -3.49. The fraction of sp³-hybridized carbons (Fsp3) is 0.292. The van der Waals surface area contributed by atoms with E-state index in [1.165, 1.54) is 27.3 Å². The monoisotopic (exact) mass is 431 g/mol. The molecule has 0 unspecified atom stereocenters. The Morgan fingerprint density at radius 1 is 1.00 bits per heavy atom. The summed E-state index contributed by atoms with van der Waals surface area (Å²) in [5.74, 6) is 0.0556. The topological polar surface area (TPSA) is 96.4 Å². The Morgan fingerprint density at radius 2 is 1.72 bits per heavy atom. The molecule has 4 aromatic rings. The van der Waals surface area contributed by atoms with Gasteiger partial charge < -0.3 is 10.2 Å². The molecule has 2 aromatic heterocycles. The van der Waals surface area contributed by atoms with Crippen LogP contribution in [0.3, 0.4) is 0 Å². The minimum absolute atomic E-state index is 0.0556. The summed E-state index contributed by atoms with van der Waals surface area (Å²) in [6, 6.07) is 17.1. The second-order valence-electron chi connectivity index (χ2n) is 8.45. The summed E-state index contributed by atoms with van der Waals surface area (Å²) in [5.41, 5.74) is 0.871. The van der Waals surface area contributed by atoms with Gasteiger partial charge >= 0.3 is 0 Å². The van der Waals surface area contributed by atoms with Gasteiger partial charge in [0.25, 0.3) is 5.56 Å². The van der Waals surface area contributed by atoms with Gasteiger partial charge in [0.15, 0.2) is 5.65 Å². The predicted octanol–water partition coefficient (Wildman–Crippen LogP) is 2.31. The number of piperidine rings is 1. The van der Waals surface area contributed by atoms with Crippen LogP contribution in [0.5, 0.6) is 5.75 Å². The second kappa shape index (κ2) is 8.22. The minimum atomic E-state index is -0.958. The van der Waals surface area contributed by atoms with Crippen LogP contribution >= 0.6 is 0 Å². The Balaban J connectivity index is 1.33. The van der Waals surface area contributed by atoms with Crippen LogP contribution in [0.25, 0.3) is 16.7 Å². The average Bonchev–Trinajstić information content (AvgIpc) is 3.23. The first-order chi connectivity index (χ1) is 15.5. The smallest absolute Gasteiger partial charge is 0.264 e. The lowest BCUT2D eigenvalue weighted by atomic mass is 9.91.